The van der Waals surface area contributed by atoms with E-state index in [1.165, 1.54) is 0 Å². The Morgan fingerprint density at radius 2 is 1.81 bits per heavy atom. The molecule has 0 bridgehead atoms. The first-order valence-electron chi connectivity index (χ1n) is 11.7. The zero-order valence-corrected chi connectivity index (χ0v) is 23.5. The number of nitrogens with zero attached hydrogens (tertiary/aromatic N) is 2. The van der Waals surface area contributed by atoms with Crippen LogP contribution in [0.4, 0.5) is 10.5 Å². The van der Waals surface area contributed by atoms with Gasteiger partial charge in [0.05, 0.1) is 16.8 Å². The minimum absolute atomic E-state index is 0.0785. The number of ether oxygens (including phenoxy) is 1. The summed E-state index contributed by atoms with van der Waals surface area (Å²) < 4.78 is 5.28. The Morgan fingerprint density at radius 1 is 1.14 bits per heavy atom. The Balaban J connectivity index is 2.54. The molecule has 0 aliphatic carbocycles. The molecule has 0 heterocycles. The first-order valence-corrected chi connectivity index (χ1v) is 12.7. The molecule has 2 unspecified atom stereocenters. The number of thiol groups is 1. The molecule has 2 aromatic carbocycles. The molecule has 2 aromatic rings. The van der Waals surface area contributed by atoms with E-state index in [1.807, 2.05) is 32.0 Å². The van der Waals surface area contributed by atoms with Crippen molar-refractivity contribution in [2.45, 2.75) is 59.2 Å². The number of alkyl carbamates (subject to hydrolysis) is 1. The third-order valence-electron chi connectivity index (χ3n) is 5.45. The van der Waals surface area contributed by atoms with Gasteiger partial charge < -0.3 is 20.3 Å². The van der Waals surface area contributed by atoms with Crippen LogP contribution in [0.3, 0.4) is 0 Å². The predicted molar refractivity (Wildman–Crippen MR) is 148 cm³/mol. The molecule has 3 amide bonds. The Kier molecular flexibility index (Phi) is 10.4. The van der Waals surface area contributed by atoms with Crippen molar-refractivity contribution in [3.05, 3.63) is 63.7 Å². The summed E-state index contributed by atoms with van der Waals surface area (Å²) in [4.78, 5) is 41.0. The van der Waals surface area contributed by atoms with Gasteiger partial charge in [0.1, 0.15) is 24.2 Å². The van der Waals surface area contributed by atoms with E-state index in [1.54, 1.807) is 52.0 Å². The van der Waals surface area contributed by atoms with Gasteiger partial charge in [-0.15, -0.1) is 0 Å². The van der Waals surface area contributed by atoms with E-state index in [9.17, 15) is 19.6 Å². The molecule has 0 saturated carbocycles. The van der Waals surface area contributed by atoms with E-state index in [0.29, 0.717) is 16.3 Å². The summed E-state index contributed by atoms with van der Waals surface area (Å²) in [5, 5.41) is 15.3. The SMILES string of the molecule is Cc1ccc(C(C(=O)Nc2c(C)cccc2Cl)N(CC#N)C(=O)C(CS)NC(=O)OC(C)(C)C)c(C)c1. The molecule has 10 heteroatoms. The van der Waals surface area contributed by atoms with Gasteiger partial charge in [0.2, 0.25) is 5.91 Å². The fourth-order valence-corrected chi connectivity index (χ4v) is 4.29. The molecule has 0 saturated heterocycles. The van der Waals surface area contributed by atoms with Crippen molar-refractivity contribution in [3.63, 3.8) is 0 Å². The Labute approximate surface area is 228 Å². The predicted octanol–water partition coefficient (Wildman–Crippen LogP) is 5.12. The monoisotopic (exact) mass is 544 g/mol. The number of aryl methyl sites for hydroxylation is 3. The van der Waals surface area contributed by atoms with Crippen LogP contribution in [0.2, 0.25) is 5.02 Å². The molecule has 2 rings (SSSR count). The van der Waals surface area contributed by atoms with E-state index in [0.717, 1.165) is 21.6 Å². The van der Waals surface area contributed by atoms with Crippen molar-refractivity contribution in [3.8, 4) is 6.07 Å². The Bertz CT molecular complexity index is 1190. The second kappa shape index (κ2) is 12.8. The number of benzene rings is 2. The molecule has 2 atom stereocenters. The smallest absolute Gasteiger partial charge is 0.408 e. The van der Waals surface area contributed by atoms with Gasteiger partial charge in [-0.25, -0.2) is 4.79 Å². The third-order valence-corrected chi connectivity index (χ3v) is 6.13. The van der Waals surface area contributed by atoms with Gasteiger partial charge in [0, 0.05) is 5.75 Å². The lowest BCUT2D eigenvalue weighted by Gasteiger charge is -2.33. The normalized spacial score (nSPS) is 12.6. The van der Waals surface area contributed by atoms with E-state index in [2.05, 4.69) is 23.3 Å². The maximum absolute atomic E-state index is 13.8. The van der Waals surface area contributed by atoms with Gasteiger partial charge in [0.15, 0.2) is 0 Å². The minimum Gasteiger partial charge on any atom is -0.444 e. The quantitative estimate of drug-likeness (QED) is 0.315. The fourth-order valence-electron chi connectivity index (χ4n) is 3.77. The standard InChI is InChI=1S/C27H33ClN4O4S/c1-16-10-11-19(18(3)14-16)23(24(33)31-22-17(2)8-7-9-20(22)28)32(13-12-29)25(34)21(15-37)30-26(35)36-27(4,5)6/h7-11,14,21,23,37H,13,15H2,1-6H3,(H,30,35)(H,31,33). The van der Waals surface area contributed by atoms with Crippen LogP contribution in [0, 0.1) is 32.1 Å². The number of amides is 3. The average molecular weight is 545 g/mol. The number of carbonyl (C=O) groups excluding carboxylic acids is 3. The van der Waals surface area contributed by atoms with E-state index < -0.39 is 42.1 Å². The zero-order chi connectivity index (χ0) is 27.9. The summed E-state index contributed by atoms with van der Waals surface area (Å²) in [5.74, 6) is -1.29. The van der Waals surface area contributed by atoms with Crippen LogP contribution in [-0.2, 0) is 14.3 Å². The van der Waals surface area contributed by atoms with E-state index >= 15 is 0 Å². The summed E-state index contributed by atoms with van der Waals surface area (Å²) in [6.07, 6.45) is -0.809. The highest BCUT2D eigenvalue weighted by Crippen LogP contribution is 2.31. The fraction of sp³-hybridized carbons (Fsp3) is 0.407. The molecule has 0 aliphatic rings. The summed E-state index contributed by atoms with van der Waals surface area (Å²) in [6, 6.07) is 10.3. The summed E-state index contributed by atoms with van der Waals surface area (Å²) in [6.45, 7) is 10.2. The average Bonchev–Trinajstić information content (AvgIpc) is 2.79. The maximum Gasteiger partial charge on any atom is 0.408 e. The van der Waals surface area contributed by atoms with Crippen LogP contribution in [0.25, 0.3) is 0 Å². The number of nitriles is 1. The number of nitrogens with one attached hydrogen (secondary N) is 2. The molecule has 2 N–H and O–H groups in total. The van der Waals surface area contributed by atoms with Gasteiger partial charge >= 0.3 is 6.09 Å². The van der Waals surface area contributed by atoms with Crippen molar-refractivity contribution in [1.82, 2.24) is 10.2 Å². The van der Waals surface area contributed by atoms with Crippen LogP contribution in [-0.4, -0.2) is 46.7 Å². The highest BCUT2D eigenvalue weighted by Gasteiger charge is 2.37. The van der Waals surface area contributed by atoms with Crippen molar-refractivity contribution in [2.24, 2.45) is 0 Å². The lowest BCUT2D eigenvalue weighted by atomic mass is 9.96. The first kappa shape index (κ1) is 30.0. The summed E-state index contributed by atoms with van der Waals surface area (Å²) in [5.41, 5.74) is 2.62. The molecular weight excluding hydrogens is 512 g/mol. The van der Waals surface area contributed by atoms with E-state index in [-0.39, 0.29) is 5.75 Å². The van der Waals surface area contributed by atoms with Gasteiger partial charge in [0.25, 0.3) is 5.91 Å². The van der Waals surface area contributed by atoms with E-state index in [4.69, 9.17) is 16.3 Å². The lowest BCUT2D eigenvalue weighted by molar-refractivity contribution is -0.139. The molecule has 0 fully saturated rings. The van der Waals surface area contributed by atoms with Gasteiger partial charge in [-0.1, -0.05) is 47.5 Å². The number of halogens is 1. The number of rotatable bonds is 8. The van der Waals surface area contributed by atoms with Crippen molar-refractivity contribution >= 4 is 47.8 Å². The molecular formula is C27H33ClN4O4S. The number of anilines is 1. The van der Waals surface area contributed by atoms with Gasteiger partial charge in [-0.3, -0.25) is 9.59 Å². The number of para-hydroxylation sites is 1. The summed E-state index contributed by atoms with van der Waals surface area (Å²) >= 11 is 10.6. The summed E-state index contributed by atoms with van der Waals surface area (Å²) in [7, 11) is 0. The van der Waals surface area contributed by atoms with Crippen LogP contribution >= 0.6 is 24.2 Å². The molecule has 0 spiro atoms. The molecule has 198 valence electrons. The highest BCUT2D eigenvalue weighted by molar-refractivity contribution is 7.80. The molecule has 37 heavy (non-hydrogen) atoms. The van der Waals surface area contributed by atoms with Crippen LogP contribution in [0.5, 0.6) is 0 Å². The molecule has 8 nitrogen and oxygen atoms in total. The van der Waals surface area contributed by atoms with Gasteiger partial charge in [-0.2, -0.15) is 17.9 Å². The number of hydrogen-bond donors (Lipinski definition) is 3. The van der Waals surface area contributed by atoms with Crippen molar-refractivity contribution < 1.29 is 19.1 Å². The maximum atomic E-state index is 13.8. The molecule has 0 aliphatic heterocycles. The first-order chi connectivity index (χ1) is 17.3. The largest absolute Gasteiger partial charge is 0.444 e. The van der Waals surface area contributed by atoms with Crippen molar-refractivity contribution in [1.29, 1.82) is 5.26 Å². The third kappa shape index (κ3) is 8.14. The topological polar surface area (TPSA) is 112 Å². The van der Waals surface area contributed by atoms with Crippen LogP contribution in [0.15, 0.2) is 36.4 Å². The second-order valence-electron chi connectivity index (χ2n) is 9.69. The lowest BCUT2D eigenvalue weighted by Crippen LogP contribution is -2.53. The highest BCUT2D eigenvalue weighted by atomic mass is 35.5. The number of carbonyl (C=O) groups is 3. The Morgan fingerprint density at radius 3 is 2.35 bits per heavy atom. The van der Waals surface area contributed by atoms with Crippen LogP contribution in [0.1, 0.15) is 49.1 Å². The second-order valence-corrected chi connectivity index (χ2v) is 10.5. The Hall–Kier alpha value is -3.22. The van der Waals surface area contributed by atoms with Crippen LogP contribution < -0.4 is 10.6 Å². The van der Waals surface area contributed by atoms with Crippen molar-refractivity contribution in [2.75, 3.05) is 17.6 Å². The molecule has 0 aromatic heterocycles. The zero-order valence-electron chi connectivity index (χ0n) is 21.9. The molecule has 0 radical (unpaired) electrons. The van der Waals surface area contributed by atoms with Gasteiger partial charge in [-0.05, 0) is 64.3 Å². The number of hydrogen-bond acceptors (Lipinski definition) is 6. The minimum atomic E-state index is -1.19.